The highest BCUT2D eigenvalue weighted by Crippen LogP contribution is 2.23. The van der Waals surface area contributed by atoms with Gasteiger partial charge in [0.25, 0.3) is 5.91 Å². The van der Waals surface area contributed by atoms with Crippen molar-refractivity contribution in [3.05, 3.63) is 59.2 Å². The molecular formula is C21H24N2O5. The Balaban J connectivity index is 2.12. The van der Waals surface area contributed by atoms with Crippen LogP contribution in [-0.4, -0.2) is 41.9 Å². The van der Waals surface area contributed by atoms with E-state index >= 15 is 0 Å². The van der Waals surface area contributed by atoms with Crippen LogP contribution in [0.3, 0.4) is 0 Å². The van der Waals surface area contributed by atoms with E-state index in [9.17, 15) is 19.5 Å². The van der Waals surface area contributed by atoms with E-state index in [2.05, 4.69) is 5.32 Å². The third-order valence-corrected chi connectivity index (χ3v) is 4.21. The number of aromatic carboxylic acids is 1. The minimum atomic E-state index is -1.16. The lowest BCUT2D eigenvalue weighted by Crippen LogP contribution is -2.29. The molecule has 2 aromatic rings. The van der Waals surface area contributed by atoms with Gasteiger partial charge < -0.3 is 20.1 Å². The molecule has 2 aromatic carbocycles. The van der Waals surface area contributed by atoms with Crippen molar-refractivity contribution >= 4 is 23.5 Å². The average Bonchev–Trinajstić information content (AvgIpc) is 2.67. The van der Waals surface area contributed by atoms with Crippen LogP contribution in [0.1, 0.15) is 40.1 Å². The summed E-state index contributed by atoms with van der Waals surface area (Å²) in [6, 6.07) is 11.2. The van der Waals surface area contributed by atoms with Crippen molar-refractivity contribution in [1.29, 1.82) is 0 Å². The van der Waals surface area contributed by atoms with E-state index in [1.165, 1.54) is 19.2 Å². The Hall–Kier alpha value is -3.35. The van der Waals surface area contributed by atoms with Crippen LogP contribution in [0.2, 0.25) is 0 Å². The molecule has 0 heterocycles. The number of carboxylic acid groups (broad SMARTS) is 1. The van der Waals surface area contributed by atoms with Crippen LogP contribution in [0.25, 0.3) is 0 Å². The third-order valence-electron chi connectivity index (χ3n) is 4.21. The SMILES string of the molecule is COc1ccc(NC(=O)c2ccc(CN(C)C(=O)C(C)C)cc2)c(C(=O)O)c1. The summed E-state index contributed by atoms with van der Waals surface area (Å²) in [7, 11) is 3.17. The van der Waals surface area contributed by atoms with Gasteiger partial charge in [-0.1, -0.05) is 26.0 Å². The summed E-state index contributed by atoms with van der Waals surface area (Å²) in [5.41, 5.74) is 1.40. The fourth-order valence-electron chi connectivity index (χ4n) is 2.68. The van der Waals surface area contributed by atoms with Crippen molar-refractivity contribution in [2.24, 2.45) is 5.92 Å². The molecule has 0 unspecified atom stereocenters. The molecule has 0 aromatic heterocycles. The lowest BCUT2D eigenvalue weighted by molar-refractivity contribution is -0.133. The highest BCUT2D eigenvalue weighted by atomic mass is 16.5. The van der Waals surface area contributed by atoms with Crippen LogP contribution in [0.4, 0.5) is 5.69 Å². The van der Waals surface area contributed by atoms with Crippen LogP contribution in [-0.2, 0) is 11.3 Å². The van der Waals surface area contributed by atoms with Crippen molar-refractivity contribution in [2.75, 3.05) is 19.5 Å². The maximum atomic E-state index is 12.5. The Morgan fingerprint density at radius 1 is 1.11 bits per heavy atom. The Morgan fingerprint density at radius 3 is 2.29 bits per heavy atom. The molecule has 0 aliphatic carbocycles. The number of amides is 2. The van der Waals surface area contributed by atoms with Gasteiger partial charge in [0.15, 0.2) is 0 Å². The normalized spacial score (nSPS) is 10.5. The summed E-state index contributed by atoms with van der Waals surface area (Å²) in [5.74, 6) is -1.24. The zero-order valence-corrected chi connectivity index (χ0v) is 16.4. The number of anilines is 1. The van der Waals surface area contributed by atoms with Gasteiger partial charge in [-0.25, -0.2) is 4.79 Å². The van der Waals surface area contributed by atoms with Crippen molar-refractivity contribution in [3.8, 4) is 5.75 Å². The predicted molar refractivity (Wildman–Crippen MR) is 106 cm³/mol. The van der Waals surface area contributed by atoms with Crippen LogP contribution < -0.4 is 10.1 Å². The highest BCUT2D eigenvalue weighted by Gasteiger charge is 2.16. The van der Waals surface area contributed by atoms with Gasteiger partial charge in [-0.05, 0) is 35.9 Å². The largest absolute Gasteiger partial charge is 0.497 e. The summed E-state index contributed by atoms with van der Waals surface area (Å²) in [4.78, 5) is 37.5. The highest BCUT2D eigenvalue weighted by molar-refractivity contribution is 6.07. The summed E-state index contributed by atoms with van der Waals surface area (Å²) < 4.78 is 5.02. The minimum Gasteiger partial charge on any atom is -0.497 e. The van der Waals surface area contributed by atoms with E-state index in [1.807, 2.05) is 13.8 Å². The Labute approximate surface area is 163 Å². The van der Waals surface area contributed by atoms with E-state index in [1.54, 1.807) is 42.3 Å². The number of nitrogens with one attached hydrogen (secondary N) is 1. The van der Waals surface area contributed by atoms with Gasteiger partial charge in [0.05, 0.1) is 18.4 Å². The Bertz CT molecular complexity index is 875. The summed E-state index contributed by atoms with van der Waals surface area (Å²) >= 11 is 0. The number of carbonyl (C=O) groups excluding carboxylic acids is 2. The molecule has 0 saturated carbocycles. The van der Waals surface area contributed by atoms with E-state index in [-0.39, 0.29) is 23.1 Å². The summed E-state index contributed by atoms with van der Waals surface area (Å²) in [6.07, 6.45) is 0. The van der Waals surface area contributed by atoms with Crippen LogP contribution in [0, 0.1) is 5.92 Å². The van der Waals surface area contributed by atoms with Gasteiger partial charge in [-0.15, -0.1) is 0 Å². The van der Waals surface area contributed by atoms with Gasteiger partial charge >= 0.3 is 5.97 Å². The number of hydrogen-bond donors (Lipinski definition) is 2. The molecule has 0 fully saturated rings. The zero-order chi connectivity index (χ0) is 20.8. The zero-order valence-electron chi connectivity index (χ0n) is 16.4. The van der Waals surface area contributed by atoms with Crippen molar-refractivity contribution in [2.45, 2.75) is 20.4 Å². The second-order valence-electron chi connectivity index (χ2n) is 6.72. The monoisotopic (exact) mass is 384 g/mol. The molecule has 148 valence electrons. The smallest absolute Gasteiger partial charge is 0.337 e. The first-order valence-corrected chi connectivity index (χ1v) is 8.79. The Kier molecular flexibility index (Phi) is 6.76. The minimum absolute atomic E-state index is 0.0440. The lowest BCUT2D eigenvalue weighted by atomic mass is 10.1. The van der Waals surface area contributed by atoms with Gasteiger partial charge in [-0.2, -0.15) is 0 Å². The van der Waals surface area contributed by atoms with E-state index < -0.39 is 11.9 Å². The topological polar surface area (TPSA) is 95.9 Å². The lowest BCUT2D eigenvalue weighted by Gasteiger charge is -2.19. The van der Waals surface area contributed by atoms with E-state index in [4.69, 9.17) is 4.74 Å². The second-order valence-corrected chi connectivity index (χ2v) is 6.72. The first-order valence-electron chi connectivity index (χ1n) is 8.79. The molecule has 0 saturated heterocycles. The molecule has 0 spiro atoms. The molecule has 2 N–H and O–H groups in total. The van der Waals surface area contributed by atoms with Gasteiger partial charge in [0, 0.05) is 25.1 Å². The molecule has 2 amide bonds. The van der Waals surface area contributed by atoms with E-state index in [0.717, 1.165) is 5.56 Å². The van der Waals surface area contributed by atoms with Crippen LogP contribution in [0.5, 0.6) is 5.75 Å². The molecule has 0 radical (unpaired) electrons. The number of hydrogen-bond acceptors (Lipinski definition) is 4. The first kappa shape index (κ1) is 21.0. The number of methoxy groups -OCH3 is 1. The van der Waals surface area contributed by atoms with Crippen LogP contribution in [0.15, 0.2) is 42.5 Å². The summed E-state index contributed by atoms with van der Waals surface area (Å²) in [5, 5.41) is 11.9. The summed E-state index contributed by atoms with van der Waals surface area (Å²) in [6.45, 7) is 4.13. The number of carbonyl (C=O) groups is 3. The first-order chi connectivity index (χ1) is 13.2. The number of ether oxygens (including phenoxy) is 1. The molecule has 2 rings (SSSR count). The average molecular weight is 384 g/mol. The molecule has 7 nitrogen and oxygen atoms in total. The van der Waals surface area contributed by atoms with Gasteiger partial charge in [0.2, 0.25) is 5.91 Å². The molecule has 28 heavy (non-hydrogen) atoms. The Morgan fingerprint density at radius 2 is 1.75 bits per heavy atom. The second kappa shape index (κ2) is 9.03. The number of nitrogens with zero attached hydrogens (tertiary/aromatic N) is 1. The maximum absolute atomic E-state index is 12.5. The van der Waals surface area contributed by atoms with Crippen molar-refractivity contribution in [3.63, 3.8) is 0 Å². The van der Waals surface area contributed by atoms with Crippen molar-refractivity contribution < 1.29 is 24.2 Å². The predicted octanol–water partition coefficient (Wildman–Crippen LogP) is 3.26. The molecule has 0 atom stereocenters. The molecule has 0 aliphatic heterocycles. The third kappa shape index (κ3) is 5.09. The molecule has 0 bridgehead atoms. The van der Waals surface area contributed by atoms with Crippen LogP contribution >= 0.6 is 0 Å². The molecule has 7 heteroatoms. The standard InChI is InChI=1S/C21H24N2O5/c1-13(2)20(25)23(3)12-14-5-7-15(8-6-14)19(24)22-18-10-9-16(28-4)11-17(18)21(26)27/h5-11,13H,12H2,1-4H3,(H,22,24)(H,26,27). The van der Waals surface area contributed by atoms with Crippen molar-refractivity contribution in [1.82, 2.24) is 4.90 Å². The van der Waals surface area contributed by atoms with Gasteiger partial charge in [-0.3, -0.25) is 9.59 Å². The molecule has 0 aliphatic rings. The maximum Gasteiger partial charge on any atom is 0.337 e. The fourth-order valence-corrected chi connectivity index (χ4v) is 2.68. The number of benzene rings is 2. The number of rotatable bonds is 7. The van der Waals surface area contributed by atoms with E-state index in [0.29, 0.717) is 17.9 Å². The number of carboxylic acids is 1. The van der Waals surface area contributed by atoms with Gasteiger partial charge in [0.1, 0.15) is 5.75 Å². The molecular weight excluding hydrogens is 360 g/mol. The fraction of sp³-hybridized carbons (Fsp3) is 0.286. The quantitative estimate of drug-likeness (QED) is 0.764.